The van der Waals surface area contributed by atoms with Gasteiger partial charge in [-0.3, -0.25) is 0 Å². The molecule has 2 rings (SSSR count). The van der Waals surface area contributed by atoms with E-state index < -0.39 is 0 Å². The van der Waals surface area contributed by atoms with Crippen LogP contribution < -0.4 is 11.1 Å². The molecule has 0 fully saturated rings. The first-order valence-corrected chi connectivity index (χ1v) is 6.47. The molecule has 0 saturated heterocycles. The number of aryl methyl sites for hydroxylation is 1. The minimum Gasteiger partial charge on any atom is -0.389 e. The highest BCUT2D eigenvalue weighted by molar-refractivity contribution is 7.80. The van der Waals surface area contributed by atoms with Crippen LogP contribution in [0.15, 0.2) is 22.7 Å². The summed E-state index contributed by atoms with van der Waals surface area (Å²) in [5, 5.41) is 7.49. The van der Waals surface area contributed by atoms with Crippen LogP contribution in [0.3, 0.4) is 0 Å². The zero-order valence-corrected chi connectivity index (χ0v) is 11.9. The lowest BCUT2D eigenvalue weighted by Crippen LogP contribution is -2.10. The molecular formula is C12H13ClN4OS. The summed E-state index contributed by atoms with van der Waals surface area (Å²) in [5.74, 6) is 1.23. The molecule has 3 N–H and O–H groups in total. The monoisotopic (exact) mass is 296 g/mol. The van der Waals surface area contributed by atoms with Crippen LogP contribution in [0.4, 0.5) is 5.69 Å². The van der Waals surface area contributed by atoms with E-state index in [0.29, 0.717) is 34.7 Å². The standard InChI is InChI=1S/C12H13ClN4OS/c1-7-16-11(18-17-7)4-5-15-10-3-2-8(12(14)19)6-9(10)13/h2-3,6,15H,4-5H2,1H3,(H2,14,19). The van der Waals surface area contributed by atoms with Gasteiger partial charge in [-0.25, -0.2) is 0 Å². The highest BCUT2D eigenvalue weighted by Gasteiger charge is 2.05. The zero-order chi connectivity index (χ0) is 13.8. The van der Waals surface area contributed by atoms with E-state index in [9.17, 15) is 0 Å². The van der Waals surface area contributed by atoms with Crippen molar-refractivity contribution >= 4 is 34.5 Å². The molecule has 0 saturated carbocycles. The van der Waals surface area contributed by atoms with Crippen molar-refractivity contribution in [2.45, 2.75) is 13.3 Å². The lowest BCUT2D eigenvalue weighted by molar-refractivity contribution is 0.377. The van der Waals surface area contributed by atoms with Gasteiger partial charge in [0.2, 0.25) is 5.89 Å². The molecule has 19 heavy (non-hydrogen) atoms. The molecule has 0 spiro atoms. The second kappa shape index (κ2) is 5.99. The average Bonchev–Trinajstić information content (AvgIpc) is 2.77. The van der Waals surface area contributed by atoms with Gasteiger partial charge < -0.3 is 15.6 Å². The summed E-state index contributed by atoms with van der Waals surface area (Å²) in [6, 6.07) is 5.41. The molecule has 0 aliphatic rings. The molecule has 5 nitrogen and oxygen atoms in total. The molecule has 0 unspecified atom stereocenters. The summed E-state index contributed by atoms with van der Waals surface area (Å²) in [4.78, 5) is 4.45. The molecule has 7 heteroatoms. The molecule has 1 heterocycles. The van der Waals surface area contributed by atoms with E-state index in [1.54, 1.807) is 13.0 Å². The predicted molar refractivity (Wildman–Crippen MR) is 78.6 cm³/mol. The molecule has 0 radical (unpaired) electrons. The van der Waals surface area contributed by atoms with Gasteiger partial charge in [-0.1, -0.05) is 29.0 Å². The molecule has 0 bridgehead atoms. The number of rotatable bonds is 5. The lowest BCUT2D eigenvalue weighted by Gasteiger charge is -2.08. The SMILES string of the molecule is Cc1noc(CCNc2ccc(C(N)=S)cc2Cl)n1. The van der Waals surface area contributed by atoms with Crippen molar-refractivity contribution in [1.29, 1.82) is 0 Å². The minimum absolute atomic E-state index is 0.329. The molecule has 0 aliphatic carbocycles. The van der Waals surface area contributed by atoms with Crippen molar-refractivity contribution in [2.75, 3.05) is 11.9 Å². The predicted octanol–water partition coefficient (Wildman–Crippen LogP) is 2.32. The number of benzene rings is 1. The van der Waals surface area contributed by atoms with Gasteiger partial charge in [-0.15, -0.1) is 0 Å². The van der Waals surface area contributed by atoms with Gasteiger partial charge in [-0.05, 0) is 25.1 Å². The molecule has 100 valence electrons. The Labute approximate surface area is 121 Å². The van der Waals surface area contributed by atoms with E-state index in [1.165, 1.54) is 0 Å². The first kappa shape index (κ1) is 13.8. The van der Waals surface area contributed by atoms with Gasteiger partial charge in [0.1, 0.15) is 4.99 Å². The summed E-state index contributed by atoms with van der Waals surface area (Å²) in [6.45, 7) is 2.43. The van der Waals surface area contributed by atoms with Gasteiger partial charge in [0.15, 0.2) is 5.82 Å². The maximum Gasteiger partial charge on any atom is 0.228 e. The van der Waals surface area contributed by atoms with Crippen LogP contribution >= 0.6 is 23.8 Å². The first-order chi connectivity index (χ1) is 9.06. The van der Waals surface area contributed by atoms with Gasteiger partial charge in [-0.2, -0.15) is 4.98 Å². The normalized spacial score (nSPS) is 10.4. The van der Waals surface area contributed by atoms with E-state index in [1.807, 2.05) is 12.1 Å². The lowest BCUT2D eigenvalue weighted by atomic mass is 10.2. The highest BCUT2D eigenvalue weighted by atomic mass is 35.5. The second-order valence-corrected chi connectivity index (χ2v) is 4.82. The van der Waals surface area contributed by atoms with Crippen molar-refractivity contribution in [1.82, 2.24) is 10.1 Å². The number of anilines is 1. The maximum absolute atomic E-state index is 6.13. The van der Waals surface area contributed by atoms with Crippen LogP contribution in [0.25, 0.3) is 0 Å². The maximum atomic E-state index is 6.13. The number of halogens is 1. The largest absolute Gasteiger partial charge is 0.389 e. The molecule has 0 aliphatic heterocycles. The van der Waals surface area contributed by atoms with Gasteiger partial charge in [0.25, 0.3) is 0 Å². The minimum atomic E-state index is 0.329. The highest BCUT2D eigenvalue weighted by Crippen LogP contribution is 2.22. The summed E-state index contributed by atoms with van der Waals surface area (Å²) in [7, 11) is 0. The topological polar surface area (TPSA) is 77.0 Å². The molecule has 0 atom stereocenters. The molecule has 1 aromatic heterocycles. The Bertz CT molecular complexity index is 599. The molecular weight excluding hydrogens is 284 g/mol. The third-order valence-corrected chi connectivity index (χ3v) is 3.03. The van der Waals surface area contributed by atoms with E-state index in [4.69, 9.17) is 34.1 Å². The van der Waals surface area contributed by atoms with E-state index >= 15 is 0 Å². The van der Waals surface area contributed by atoms with Crippen LogP contribution in [-0.2, 0) is 6.42 Å². The Kier molecular flexibility index (Phi) is 4.34. The Balaban J connectivity index is 1.94. The third kappa shape index (κ3) is 3.65. The van der Waals surface area contributed by atoms with Crippen molar-refractivity contribution in [3.05, 3.63) is 40.5 Å². The second-order valence-electron chi connectivity index (χ2n) is 3.97. The number of aromatic nitrogens is 2. The summed E-state index contributed by atoms with van der Waals surface area (Å²) >= 11 is 11.0. The van der Waals surface area contributed by atoms with Crippen molar-refractivity contribution in [2.24, 2.45) is 5.73 Å². The van der Waals surface area contributed by atoms with E-state index in [0.717, 1.165) is 11.3 Å². The summed E-state index contributed by atoms with van der Waals surface area (Å²) < 4.78 is 5.02. The van der Waals surface area contributed by atoms with Crippen molar-refractivity contribution in [3.63, 3.8) is 0 Å². The van der Waals surface area contributed by atoms with Gasteiger partial charge >= 0.3 is 0 Å². The number of nitrogens with one attached hydrogen (secondary N) is 1. The van der Waals surface area contributed by atoms with Crippen molar-refractivity contribution < 1.29 is 4.52 Å². The number of hydrogen-bond acceptors (Lipinski definition) is 5. The van der Waals surface area contributed by atoms with Crippen LogP contribution in [0.5, 0.6) is 0 Å². The number of thiocarbonyl (C=S) groups is 1. The summed E-state index contributed by atoms with van der Waals surface area (Å²) in [6.07, 6.45) is 0.633. The first-order valence-electron chi connectivity index (χ1n) is 5.68. The fraction of sp³-hybridized carbons (Fsp3) is 0.250. The number of nitrogens with zero attached hydrogens (tertiary/aromatic N) is 2. The third-order valence-electron chi connectivity index (χ3n) is 2.48. The van der Waals surface area contributed by atoms with Gasteiger partial charge in [0.05, 0.1) is 10.7 Å². The van der Waals surface area contributed by atoms with E-state index in [2.05, 4.69) is 15.5 Å². The fourth-order valence-corrected chi connectivity index (χ4v) is 1.93. The smallest absolute Gasteiger partial charge is 0.228 e. The van der Waals surface area contributed by atoms with Gasteiger partial charge in [0, 0.05) is 18.5 Å². The Morgan fingerprint density at radius 2 is 2.32 bits per heavy atom. The zero-order valence-electron chi connectivity index (χ0n) is 10.3. The number of nitrogens with two attached hydrogens (primary N) is 1. The number of hydrogen-bond donors (Lipinski definition) is 2. The molecule has 0 amide bonds. The fourth-order valence-electron chi connectivity index (χ4n) is 1.56. The van der Waals surface area contributed by atoms with E-state index in [-0.39, 0.29) is 0 Å². The van der Waals surface area contributed by atoms with Crippen LogP contribution in [-0.4, -0.2) is 21.7 Å². The average molecular weight is 297 g/mol. The summed E-state index contributed by atoms with van der Waals surface area (Å²) in [5.41, 5.74) is 7.10. The molecule has 2 aromatic rings. The Hall–Kier alpha value is -1.66. The van der Waals surface area contributed by atoms with Crippen LogP contribution in [0.1, 0.15) is 17.3 Å². The van der Waals surface area contributed by atoms with Crippen LogP contribution in [0, 0.1) is 6.92 Å². The van der Waals surface area contributed by atoms with Crippen LogP contribution in [0.2, 0.25) is 5.02 Å². The Morgan fingerprint density at radius 3 is 2.89 bits per heavy atom. The Morgan fingerprint density at radius 1 is 1.53 bits per heavy atom. The van der Waals surface area contributed by atoms with Crippen molar-refractivity contribution in [3.8, 4) is 0 Å². The quantitative estimate of drug-likeness (QED) is 0.825. The molecule has 1 aromatic carbocycles.